The first-order chi connectivity index (χ1) is 16.5. The van der Waals surface area contributed by atoms with Crippen LogP contribution < -0.4 is 10.3 Å². The lowest BCUT2D eigenvalue weighted by Gasteiger charge is -2.64. The predicted octanol–water partition coefficient (Wildman–Crippen LogP) is 2.84. The number of piperidine rings is 1. The van der Waals surface area contributed by atoms with Crippen LogP contribution in [0.3, 0.4) is 0 Å². The second-order valence-corrected chi connectivity index (χ2v) is 11.2. The Morgan fingerprint density at radius 1 is 1.12 bits per heavy atom. The number of nitrogens with one attached hydrogen (secondary N) is 1. The van der Waals surface area contributed by atoms with Crippen molar-refractivity contribution in [1.29, 1.82) is 0 Å². The molecule has 34 heavy (non-hydrogen) atoms. The molecule has 3 N–H and O–H groups in total. The highest BCUT2D eigenvalue weighted by molar-refractivity contribution is 5.77. The van der Waals surface area contributed by atoms with E-state index in [4.69, 9.17) is 4.74 Å². The second-order valence-electron chi connectivity index (χ2n) is 11.2. The van der Waals surface area contributed by atoms with Crippen molar-refractivity contribution in [2.75, 3.05) is 13.1 Å². The summed E-state index contributed by atoms with van der Waals surface area (Å²) in [6.45, 7) is 1.96. The van der Waals surface area contributed by atoms with Crippen molar-refractivity contribution in [3.05, 3.63) is 57.9 Å². The monoisotopic (exact) mass is 459 g/mol. The van der Waals surface area contributed by atoms with Crippen molar-refractivity contribution in [3.63, 3.8) is 0 Å². The quantitative estimate of drug-likeness (QED) is 0.560. The molecule has 7 nitrogen and oxygen atoms in total. The fraction of sp³-hybridized carbons (Fsp3) is 0.519. The summed E-state index contributed by atoms with van der Waals surface area (Å²) in [5.74, 6) is 1.41. The van der Waals surface area contributed by atoms with E-state index >= 15 is 0 Å². The van der Waals surface area contributed by atoms with Gasteiger partial charge in [0.15, 0.2) is 11.5 Å². The van der Waals surface area contributed by atoms with E-state index in [1.807, 2.05) is 30.3 Å². The van der Waals surface area contributed by atoms with E-state index in [-0.39, 0.29) is 23.4 Å². The van der Waals surface area contributed by atoms with Gasteiger partial charge < -0.3 is 14.9 Å². The van der Waals surface area contributed by atoms with Crippen LogP contribution in [0.15, 0.2) is 41.2 Å². The Morgan fingerprint density at radius 2 is 1.97 bits per heavy atom. The average molecular weight is 460 g/mol. The minimum atomic E-state index is -0.941. The minimum absolute atomic E-state index is 0.0383. The van der Waals surface area contributed by atoms with Crippen LogP contribution in [0.2, 0.25) is 0 Å². The summed E-state index contributed by atoms with van der Waals surface area (Å²) >= 11 is 0. The largest absolute Gasteiger partial charge is 0.504 e. The number of aromatic amines is 1. The van der Waals surface area contributed by atoms with Gasteiger partial charge in [-0.1, -0.05) is 18.2 Å². The number of benzene rings is 2. The van der Waals surface area contributed by atoms with Gasteiger partial charge in [0.2, 0.25) is 0 Å². The zero-order valence-electron chi connectivity index (χ0n) is 19.0. The molecule has 0 amide bonds. The van der Waals surface area contributed by atoms with Gasteiger partial charge in [-0.2, -0.15) is 0 Å². The number of likely N-dealkylation sites (tertiary alicyclic amines) is 1. The van der Waals surface area contributed by atoms with Crippen molar-refractivity contribution in [2.24, 2.45) is 5.92 Å². The highest BCUT2D eigenvalue weighted by Gasteiger charge is 2.73. The molecule has 5 aliphatic rings. The SMILES string of the molecule is O=c1c2ccccc2[nH]n1[C@@H]1CC[C@@]2(O)[C@H]3Cc4ccc(O)c5c4[C@@]2(CCN3CC2CC2)[C@H]1O5. The van der Waals surface area contributed by atoms with E-state index in [0.29, 0.717) is 24.0 Å². The number of H-pyrrole nitrogens is 1. The molecule has 0 radical (unpaired) electrons. The van der Waals surface area contributed by atoms with Crippen molar-refractivity contribution in [1.82, 2.24) is 14.7 Å². The minimum Gasteiger partial charge on any atom is -0.504 e. The lowest BCUT2D eigenvalue weighted by Crippen LogP contribution is -2.76. The molecule has 3 aliphatic carbocycles. The number of fused-ring (bicyclic) bond motifs is 1. The number of nitrogens with zero attached hydrogens (tertiary/aromatic N) is 2. The third-order valence-electron chi connectivity index (χ3n) is 9.68. The first kappa shape index (κ1) is 19.5. The molecule has 2 aromatic carbocycles. The molecular formula is C27H29N3O4. The van der Waals surface area contributed by atoms with Gasteiger partial charge in [0.25, 0.3) is 5.56 Å². The molecule has 2 saturated carbocycles. The van der Waals surface area contributed by atoms with E-state index in [1.165, 1.54) is 18.4 Å². The predicted molar refractivity (Wildman–Crippen MR) is 126 cm³/mol. The molecule has 3 fully saturated rings. The average Bonchev–Trinajstić information content (AvgIpc) is 3.49. The van der Waals surface area contributed by atoms with E-state index < -0.39 is 17.1 Å². The molecule has 1 aromatic heterocycles. The third-order valence-corrected chi connectivity index (χ3v) is 9.68. The maximum absolute atomic E-state index is 13.4. The van der Waals surface area contributed by atoms with Gasteiger partial charge in [-0.3, -0.25) is 14.8 Å². The Balaban J connectivity index is 1.32. The Hall–Kier alpha value is -2.77. The van der Waals surface area contributed by atoms with Crippen molar-refractivity contribution < 1.29 is 14.9 Å². The Kier molecular flexibility index (Phi) is 3.60. The van der Waals surface area contributed by atoms with Crippen LogP contribution in [-0.4, -0.2) is 55.7 Å². The van der Waals surface area contributed by atoms with Crippen molar-refractivity contribution in [3.8, 4) is 11.5 Å². The number of phenols is 1. The number of hydrogen-bond donors (Lipinski definition) is 3. The smallest absolute Gasteiger partial charge is 0.274 e. The van der Waals surface area contributed by atoms with E-state index in [0.717, 1.165) is 42.9 Å². The third kappa shape index (κ3) is 2.19. The standard InChI is InChI=1S/C27H29N3O4/c31-20-8-7-16-13-21-27(33)10-9-19(30-25(32)17-3-1-2-4-18(17)28-30)24-26(27,22(16)23(20)34-24)11-12-29(21)14-15-5-6-15/h1-4,7-8,15,19,21,24,28,31,33H,5-6,9-14H2/t19-,21-,24+,26+,27-/m1/s1. The second kappa shape index (κ2) is 6.26. The number of ether oxygens (including phenoxy) is 1. The van der Waals surface area contributed by atoms with Gasteiger partial charge in [-0.25, -0.2) is 4.68 Å². The summed E-state index contributed by atoms with van der Waals surface area (Å²) in [5.41, 5.74) is 1.36. The van der Waals surface area contributed by atoms with Crippen LogP contribution >= 0.6 is 0 Å². The van der Waals surface area contributed by atoms with E-state index in [2.05, 4.69) is 10.00 Å². The molecule has 2 bridgehead atoms. The van der Waals surface area contributed by atoms with Crippen LogP contribution in [0.1, 0.15) is 49.3 Å². The van der Waals surface area contributed by atoms with Crippen molar-refractivity contribution in [2.45, 2.75) is 67.7 Å². The Bertz CT molecular complexity index is 1410. The van der Waals surface area contributed by atoms with Crippen LogP contribution in [-0.2, 0) is 11.8 Å². The first-order valence-electron chi connectivity index (χ1n) is 12.7. The molecule has 0 unspecified atom stereocenters. The molecule has 3 aromatic rings. The molecule has 7 heteroatoms. The van der Waals surface area contributed by atoms with Gasteiger partial charge in [0, 0.05) is 18.2 Å². The number of aromatic hydroxyl groups is 1. The van der Waals surface area contributed by atoms with Gasteiger partial charge >= 0.3 is 0 Å². The maximum atomic E-state index is 13.4. The van der Waals surface area contributed by atoms with Crippen molar-refractivity contribution >= 4 is 10.9 Å². The van der Waals surface area contributed by atoms with Gasteiger partial charge in [-0.15, -0.1) is 0 Å². The Morgan fingerprint density at radius 3 is 2.79 bits per heavy atom. The number of para-hydroxylation sites is 1. The number of phenolic OH excluding ortho intramolecular Hbond substituents is 1. The number of rotatable bonds is 3. The first-order valence-corrected chi connectivity index (χ1v) is 12.7. The molecule has 1 spiro atoms. The topological polar surface area (TPSA) is 90.7 Å². The number of aliphatic hydroxyl groups is 1. The van der Waals surface area contributed by atoms with E-state index in [1.54, 1.807) is 10.7 Å². The highest BCUT2D eigenvalue weighted by Crippen LogP contribution is 2.67. The molecular weight excluding hydrogens is 430 g/mol. The zero-order chi connectivity index (χ0) is 22.8. The van der Waals surface area contributed by atoms with Gasteiger partial charge in [0.05, 0.1) is 28.0 Å². The number of hydrogen-bond acceptors (Lipinski definition) is 5. The van der Waals surface area contributed by atoms with E-state index in [9.17, 15) is 15.0 Å². The van der Waals surface area contributed by atoms with Gasteiger partial charge in [0.1, 0.15) is 6.10 Å². The molecule has 5 atom stereocenters. The van der Waals surface area contributed by atoms with Crippen LogP contribution in [0.4, 0.5) is 0 Å². The fourth-order valence-corrected chi connectivity index (χ4v) is 8.03. The molecule has 176 valence electrons. The lowest BCUT2D eigenvalue weighted by atomic mass is 9.48. The van der Waals surface area contributed by atoms with Crippen LogP contribution in [0.25, 0.3) is 10.9 Å². The summed E-state index contributed by atoms with van der Waals surface area (Å²) in [6.07, 6.45) is 4.97. The fourth-order valence-electron chi connectivity index (χ4n) is 8.03. The van der Waals surface area contributed by atoms with Crippen LogP contribution in [0, 0.1) is 5.92 Å². The molecule has 8 rings (SSSR count). The lowest BCUT2D eigenvalue weighted by molar-refractivity contribution is -0.196. The molecule has 2 aliphatic heterocycles. The number of aromatic nitrogens is 2. The summed E-state index contributed by atoms with van der Waals surface area (Å²) in [4.78, 5) is 15.9. The maximum Gasteiger partial charge on any atom is 0.274 e. The summed E-state index contributed by atoms with van der Waals surface area (Å²) in [6, 6.07) is 11.1. The highest BCUT2D eigenvalue weighted by atomic mass is 16.5. The molecule has 3 heterocycles. The summed E-state index contributed by atoms with van der Waals surface area (Å²) in [5, 5.41) is 27.4. The zero-order valence-corrected chi connectivity index (χ0v) is 19.0. The van der Waals surface area contributed by atoms with Crippen LogP contribution in [0.5, 0.6) is 11.5 Å². The van der Waals surface area contributed by atoms with Gasteiger partial charge in [-0.05, 0) is 74.8 Å². The summed E-state index contributed by atoms with van der Waals surface area (Å²) in [7, 11) is 0. The summed E-state index contributed by atoms with van der Waals surface area (Å²) < 4.78 is 8.34. The Labute approximate surface area is 196 Å². The normalized spacial score (nSPS) is 35.9. The molecule has 1 saturated heterocycles.